The van der Waals surface area contributed by atoms with E-state index in [0.29, 0.717) is 18.1 Å². The zero-order chi connectivity index (χ0) is 22.4. The lowest BCUT2D eigenvalue weighted by atomic mass is 10.1. The third kappa shape index (κ3) is 6.11. The summed E-state index contributed by atoms with van der Waals surface area (Å²) in [6, 6.07) is 11.4. The van der Waals surface area contributed by atoms with Crippen molar-refractivity contribution in [2.45, 2.75) is 19.5 Å². The van der Waals surface area contributed by atoms with E-state index in [1.54, 1.807) is 29.6 Å². The smallest absolute Gasteiger partial charge is 0.431 e. The lowest BCUT2D eigenvalue weighted by Crippen LogP contribution is -2.27. The SMILES string of the molecule is CCOc1ccc(-c2csc(NN=C(CC(=O)c3ccc(F)cc3)C(F)(F)F)n2)cc1. The van der Waals surface area contributed by atoms with E-state index >= 15 is 0 Å². The van der Waals surface area contributed by atoms with E-state index in [1.807, 2.05) is 6.92 Å². The zero-order valence-electron chi connectivity index (χ0n) is 16.2. The van der Waals surface area contributed by atoms with Crippen LogP contribution >= 0.6 is 11.3 Å². The summed E-state index contributed by atoms with van der Waals surface area (Å²) < 4.78 is 58.3. The number of thiazole rings is 1. The maximum absolute atomic E-state index is 13.3. The second-order valence-electron chi connectivity index (χ2n) is 6.27. The van der Waals surface area contributed by atoms with Gasteiger partial charge < -0.3 is 4.74 Å². The third-order valence-electron chi connectivity index (χ3n) is 4.07. The average molecular weight is 451 g/mol. The molecule has 0 radical (unpaired) electrons. The molecule has 162 valence electrons. The van der Waals surface area contributed by atoms with E-state index in [1.165, 1.54) is 0 Å². The molecule has 0 aliphatic heterocycles. The van der Waals surface area contributed by atoms with Gasteiger partial charge in [0.15, 0.2) is 5.78 Å². The van der Waals surface area contributed by atoms with Gasteiger partial charge in [-0.05, 0) is 55.5 Å². The standard InChI is InChI=1S/C21H17F4N3O2S/c1-2-30-16-9-5-13(6-10-16)17-12-31-20(26-17)28-27-19(21(23,24)25)11-18(29)14-3-7-15(22)8-4-14/h3-10,12H,2,11H2,1H3,(H,26,28). The van der Waals surface area contributed by atoms with Crippen LogP contribution in [0.2, 0.25) is 0 Å². The lowest BCUT2D eigenvalue weighted by Gasteiger charge is -2.10. The fourth-order valence-corrected chi connectivity index (χ4v) is 3.22. The Hall–Kier alpha value is -3.27. The van der Waals surface area contributed by atoms with Crippen LogP contribution in [0.4, 0.5) is 22.7 Å². The van der Waals surface area contributed by atoms with Gasteiger partial charge in [0.1, 0.15) is 17.3 Å². The largest absolute Gasteiger partial charge is 0.494 e. The fraction of sp³-hybridized carbons (Fsp3) is 0.190. The topological polar surface area (TPSA) is 63.6 Å². The Morgan fingerprint density at radius 3 is 2.42 bits per heavy atom. The molecule has 0 atom stereocenters. The number of ether oxygens (including phenoxy) is 1. The number of carbonyl (C=O) groups is 1. The summed E-state index contributed by atoms with van der Waals surface area (Å²) >= 11 is 1.07. The normalized spacial score (nSPS) is 12.0. The third-order valence-corrected chi connectivity index (χ3v) is 4.82. The minimum absolute atomic E-state index is 0.0367. The molecule has 0 aliphatic rings. The van der Waals surface area contributed by atoms with Gasteiger partial charge in [-0.1, -0.05) is 0 Å². The van der Waals surface area contributed by atoms with Crippen molar-refractivity contribution in [1.29, 1.82) is 0 Å². The number of halogens is 4. The number of hydrogen-bond acceptors (Lipinski definition) is 6. The van der Waals surface area contributed by atoms with Crippen LogP contribution in [0.25, 0.3) is 11.3 Å². The number of rotatable bonds is 8. The molecule has 0 aliphatic carbocycles. The van der Waals surface area contributed by atoms with E-state index in [2.05, 4.69) is 15.5 Å². The summed E-state index contributed by atoms with van der Waals surface area (Å²) in [6.07, 6.45) is -5.81. The molecule has 10 heteroatoms. The number of ketones is 1. The predicted molar refractivity (Wildman–Crippen MR) is 111 cm³/mol. The number of alkyl halides is 3. The molecule has 0 bridgehead atoms. The van der Waals surface area contributed by atoms with Gasteiger partial charge in [0.25, 0.3) is 0 Å². The highest BCUT2D eigenvalue weighted by Crippen LogP contribution is 2.27. The molecule has 0 fully saturated rings. The highest BCUT2D eigenvalue weighted by Gasteiger charge is 2.37. The second kappa shape index (κ2) is 9.69. The van der Waals surface area contributed by atoms with Crippen LogP contribution in [0, 0.1) is 5.82 Å². The minimum Gasteiger partial charge on any atom is -0.494 e. The number of nitrogens with one attached hydrogen (secondary N) is 1. The van der Waals surface area contributed by atoms with Crippen LogP contribution < -0.4 is 10.2 Å². The van der Waals surface area contributed by atoms with E-state index < -0.39 is 29.9 Å². The van der Waals surface area contributed by atoms with Crippen LogP contribution in [0.5, 0.6) is 5.75 Å². The van der Waals surface area contributed by atoms with Crippen molar-refractivity contribution in [1.82, 2.24) is 4.98 Å². The number of Topliss-reactive ketones (excluding diaryl/α,β-unsaturated/α-hetero) is 1. The molecule has 0 unspecified atom stereocenters. The summed E-state index contributed by atoms with van der Waals surface area (Å²) in [7, 11) is 0. The van der Waals surface area contributed by atoms with Crippen molar-refractivity contribution >= 4 is 28.0 Å². The van der Waals surface area contributed by atoms with Crippen molar-refractivity contribution in [2.24, 2.45) is 5.10 Å². The van der Waals surface area contributed by atoms with Gasteiger partial charge in [0.05, 0.1) is 18.7 Å². The number of nitrogens with zero attached hydrogens (tertiary/aromatic N) is 2. The predicted octanol–water partition coefficient (Wildman–Crippen LogP) is 5.95. The van der Waals surface area contributed by atoms with Gasteiger partial charge in [-0.2, -0.15) is 18.3 Å². The summed E-state index contributed by atoms with van der Waals surface area (Å²) in [5.41, 5.74) is 2.26. The Morgan fingerprint density at radius 1 is 1.13 bits per heavy atom. The van der Waals surface area contributed by atoms with Crippen LogP contribution in [0.3, 0.4) is 0 Å². The van der Waals surface area contributed by atoms with Gasteiger partial charge >= 0.3 is 6.18 Å². The first-order valence-electron chi connectivity index (χ1n) is 9.13. The van der Waals surface area contributed by atoms with Crippen molar-refractivity contribution in [3.05, 3.63) is 65.3 Å². The molecule has 0 saturated heterocycles. The van der Waals surface area contributed by atoms with Gasteiger partial charge in [0, 0.05) is 16.5 Å². The Kier molecular flexibility index (Phi) is 7.01. The Labute approximate surface area is 179 Å². The summed E-state index contributed by atoms with van der Waals surface area (Å²) in [6.45, 7) is 2.41. The Morgan fingerprint density at radius 2 is 1.81 bits per heavy atom. The minimum atomic E-state index is -4.82. The number of benzene rings is 2. The summed E-state index contributed by atoms with van der Waals surface area (Å²) in [4.78, 5) is 16.4. The van der Waals surface area contributed by atoms with Crippen molar-refractivity contribution < 1.29 is 27.1 Å². The maximum Gasteiger partial charge on any atom is 0.431 e. The average Bonchev–Trinajstić information content (AvgIpc) is 3.20. The van der Waals surface area contributed by atoms with Gasteiger partial charge in [-0.25, -0.2) is 9.37 Å². The number of anilines is 1. The van der Waals surface area contributed by atoms with Gasteiger partial charge in [0.2, 0.25) is 5.13 Å². The van der Waals surface area contributed by atoms with E-state index in [4.69, 9.17) is 4.74 Å². The monoisotopic (exact) mass is 451 g/mol. The summed E-state index contributed by atoms with van der Waals surface area (Å²) in [5, 5.41) is 5.18. The molecule has 0 saturated carbocycles. The molecular formula is C21H17F4N3O2S. The van der Waals surface area contributed by atoms with E-state index in [0.717, 1.165) is 41.2 Å². The van der Waals surface area contributed by atoms with Gasteiger partial charge in [-0.15, -0.1) is 11.3 Å². The fourth-order valence-electron chi connectivity index (χ4n) is 2.55. The zero-order valence-corrected chi connectivity index (χ0v) is 17.1. The first kappa shape index (κ1) is 22.4. The number of carbonyl (C=O) groups excluding carboxylic acids is 1. The molecule has 3 aromatic rings. The van der Waals surface area contributed by atoms with Crippen LogP contribution in [-0.4, -0.2) is 29.3 Å². The molecule has 2 aromatic carbocycles. The molecule has 1 N–H and O–H groups in total. The van der Waals surface area contributed by atoms with Crippen LogP contribution in [0.15, 0.2) is 59.0 Å². The quantitative estimate of drug-likeness (QED) is 0.199. The van der Waals surface area contributed by atoms with Crippen molar-refractivity contribution in [3.8, 4) is 17.0 Å². The van der Waals surface area contributed by atoms with Crippen molar-refractivity contribution in [2.75, 3.05) is 12.0 Å². The molecule has 0 amide bonds. The molecule has 1 heterocycles. The Balaban J connectivity index is 1.72. The Bertz CT molecular complexity index is 1060. The van der Waals surface area contributed by atoms with E-state index in [9.17, 15) is 22.4 Å². The molecule has 31 heavy (non-hydrogen) atoms. The first-order valence-corrected chi connectivity index (χ1v) is 10.0. The molecular weight excluding hydrogens is 434 g/mol. The highest BCUT2D eigenvalue weighted by molar-refractivity contribution is 7.14. The highest BCUT2D eigenvalue weighted by atomic mass is 32.1. The van der Waals surface area contributed by atoms with Gasteiger partial charge in [-0.3, -0.25) is 10.2 Å². The van der Waals surface area contributed by atoms with Crippen molar-refractivity contribution in [3.63, 3.8) is 0 Å². The molecule has 5 nitrogen and oxygen atoms in total. The summed E-state index contributed by atoms with van der Waals surface area (Å²) in [5.74, 6) is -0.716. The van der Waals surface area contributed by atoms with Crippen LogP contribution in [0.1, 0.15) is 23.7 Å². The number of hydrogen-bond donors (Lipinski definition) is 1. The van der Waals surface area contributed by atoms with Crippen LogP contribution in [-0.2, 0) is 0 Å². The molecule has 0 spiro atoms. The molecule has 3 rings (SSSR count). The number of aromatic nitrogens is 1. The van der Waals surface area contributed by atoms with E-state index in [-0.39, 0.29) is 10.7 Å². The lowest BCUT2D eigenvalue weighted by molar-refractivity contribution is -0.0602. The second-order valence-corrected chi connectivity index (χ2v) is 7.13. The first-order chi connectivity index (χ1) is 14.8. The molecule has 1 aromatic heterocycles. The maximum atomic E-state index is 13.3. The number of hydrazone groups is 1.